The minimum atomic E-state index is 0.250. The topological polar surface area (TPSA) is 37.3 Å². The normalized spacial score (nSPS) is 10.0. The van der Waals surface area contributed by atoms with Gasteiger partial charge in [0.05, 0.1) is 0 Å². The maximum Gasteiger partial charge on any atom is 0.225 e. The Bertz CT molecular complexity index is 324. The lowest BCUT2D eigenvalue weighted by atomic mass is 9.68. The van der Waals surface area contributed by atoms with Crippen LogP contribution in [0.4, 0.5) is 0 Å². The molecule has 0 radical (unpaired) electrons. The number of ketones is 1. The monoisotopic (exact) mass is 316 g/mol. The molecule has 80 valence electrons. The Labute approximate surface area is 104 Å². The third-order valence-corrected chi connectivity index (χ3v) is 3.25. The Kier molecular flexibility index (Phi) is 5.15. The van der Waals surface area contributed by atoms with Crippen LogP contribution in [0.1, 0.15) is 12.5 Å². The molecular formula is C11H14BIO2. The van der Waals surface area contributed by atoms with Crippen LogP contribution in [0.25, 0.3) is 0 Å². The number of hydrogen-bond acceptors (Lipinski definition) is 2. The summed E-state index contributed by atoms with van der Waals surface area (Å²) in [6, 6.07) is 7.24. The van der Waals surface area contributed by atoms with E-state index >= 15 is 0 Å². The van der Waals surface area contributed by atoms with Crippen molar-refractivity contribution in [2.45, 2.75) is 26.0 Å². The molecule has 1 rings (SSSR count). The second-order valence-corrected chi connectivity index (χ2v) is 5.47. The van der Waals surface area contributed by atoms with Gasteiger partial charge in [-0.05, 0) is 37.4 Å². The molecule has 4 heteroatoms. The Balaban J connectivity index is 2.36. The average Bonchev–Trinajstić information content (AvgIpc) is 2.16. The molecule has 0 amide bonds. The highest BCUT2D eigenvalue weighted by Crippen LogP contribution is 2.15. The summed E-state index contributed by atoms with van der Waals surface area (Å²) in [5.41, 5.74) is 1.21. The van der Waals surface area contributed by atoms with E-state index in [-0.39, 0.29) is 5.78 Å². The summed E-state index contributed by atoms with van der Waals surface area (Å²) in [6.45, 7) is 1.63. The minimum absolute atomic E-state index is 0.250. The molecule has 0 aliphatic heterocycles. The summed E-state index contributed by atoms with van der Waals surface area (Å²) in [6.07, 6.45) is 2.62. The first-order valence-electron chi connectivity index (χ1n) is 4.99. The Hall–Kier alpha value is -0.515. The van der Waals surface area contributed by atoms with Gasteiger partial charge in [0.15, 0.2) is 0 Å². The smallest absolute Gasteiger partial charge is 0.225 e. The molecule has 1 N–H and O–H groups in total. The molecule has 1 aromatic carbocycles. The highest BCUT2D eigenvalue weighted by Gasteiger charge is 2.11. The zero-order valence-corrected chi connectivity index (χ0v) is 10.9. The summed E-state index contributed by atoms with van der Waals surface area (Å²) in [5, 5.41) is 9.11. The van der Waals surface area contributed by atoms with Crippen molar-refractivity contribution in [1.82, 2.24) is 0 Å². The fourth-order valence-corrected chi connectivity index (χ4v) is 2.33. The van der Waals surface area contributed by atoms with E-state index in [9.17, 15) is 4.79 Å². The number of halogens is 1. The summed E-state index contributed by atoms with van der Waals surface area (Å²) in [5.74, 6) is 0.550. The second-order valence-electron chi connectivity index (χ2n) is 3.71. The molecule has 0 bridgehead atoms. The van der Waals surface area contributed by atoms with Gasteiger partial charge in [0.25, 0.3) is 0 Å². The number of aromatic hydroxyl groups is 1. The van der Waals surface area contributed by atoms with E-state index in [1.54, 1.807) is 19.1 Å². The van der Waals surface area contributed by atoms with Crippen LogP contribution in [0, 0.1) is 0 Å². The zero-order chi connectivity index (χ0) is 11.3. The van der Waals surface area contributed by atoms with Crippen LogP contribution in [0.3, 0.4) is 0 Å². The first-order chi connectivity index (χ1) is 7.08. The zero-order valence-electron chi connectivity index (χ0n) is 8.74. The highest BCUT2D eigenvalue weighted by molar-refractivity contribution is 14.1. The van der Waals surface area contributed by atoms with Crippen LogP contribution in [0.5, 0.6) is 5.75 Å². The number of hydrogen-bond donors (Lipinski definition) is 1. The third kappa shape index (κ3) is 5.21. The third-order valence-electron chi connectivity index (χ3n) is 2.19. The van der Waals surface area contributed by atoms with E-state index < -0.39 is 0 Å². The molecule has 0 saturated carbocycles. The van der Waals surface area contributed by atoms with E-state index in [1.165, 1.54) is 5.56 Å². The molecule has 0 aromatic heterocycles. The molecule has 0 aliphatic rings. The summed E-state index contributed by atoms with van der Waals surface area (Å²) in [4.78, 5) is 10.9. The van der Waals surface area contributed by atoms with Crippen molar-refractivity contribution in [3.8, 4) is 5.75 Å². The number of benzene rings is 1. The minimum Gasteiger partial charge on any atom is -0.508 e. The molecule has 0 unspecified atom stereocenters. The van der Waals surface area contributed by atoms with E-state index in [0.29, 0.717) is 16.6 Å². The largest absolute Gasteiger partial charge is 0.508 e. The fraction of sp³-hybridized carbons (Fsp3) is 0.364. The molecule has 0 aliphatic carbocycles. The van der Waals surface area contributed by atoms with Crippen LogP contribution < -0.4 is 0 Å². The fourth-order valence-electron chi connectivity index (χ4n) is 1.40. The number of rotatable bonds is 5. The van der Waals surface area contributed by atoms with E-state index in [4.69, 9.17) is 5.11 Å². The molecule has 0 saturated heterocycles. The van der Waals surface area contributed by atoms with Crippen LogP contribution in [0.2, 0.25) is 12.6 Å². The molecule has 1 aromatic rings. The van der Waals surface area contributed by atoms with Crippen LogP contribution in [-0.4, -0.2) is 15.5 Å². The van der Waals surface area contributed by atoms with Crippen LogP contribution in [-0.2, 0) is 11.2 Å². The number of phenolic OH excluding ortho intramolecular Hbond substituents is 1. The summed E-state index contributed by atoms with van der Waals surface area (Å²) >= 11 is 2.32. The first kappa shape index (κ1) is 12.6. The summed E-state index contributed by atoms with van der Waals surface area (Å²) < 4.78 is 0.411. The first-order valence-corrected chi connectivity index (χ1v) is 6.24. The Morgan fingerprint density at radius 2 is 2.00 bits per heavy atom. The molecule has 2 nitrogen and oxygen atoms in total. The second kappa shape index (κ2) is 6.15. The lowest BCUT2D eigenvalue weighted by Gasteiger charge is -2.04. The van der Waals surface area contributed by atoms with Gasteiger partial charge in [0.2, 0.25) is 4.57 Å². The van der Waals surface area contributed by atoms with E-state index in [2.05, 4.69) is 22.4 Å². The lowest BCUT2D eigenvalue weighted by Crippen LogP contribution is -2.08. The van der Waals surface area contributed by atoms with Crippen molar-refractivity contribution in [2.24, 2.45) is 0 Å². The van der Waals surface area contributed by atoms with Gasteiger partial charge >= 0.3 is 0 Å². The maximum atomic E-state index is 10.9. The Morgan fingerprint density at radius 3 is 2.53 bits per heavy atom. The van der Waals surface area contributed by atoms with Crippen molar-refractivity contribution in [1.29, 1.82) is 0 Å². The van der Waals surface area contributed by atoms with E-state index in [1.807, 2.05) is 12.1 Å². The molecule has 0 spiro atoms. The highest BCUT2D eigenvalue weighted by atomic mass is 127. The van der Waals surface area contributed by atoms with Crippen LogP contribution in [0.15, 0.2) is 24.3 Å². The predicted molar refractivity (Wildman–Crippen MR) is 71.9 cm³/mol. The average molecular weight is 316 g/mol. The quantitative estimate of drug-likeness (QED) is 0.670. The van der Waals surface area contributed by atoms with Gasteiger partial charge in [0, 0.05) is 0 Å². The lowest BCUT2D eigenvalue weighted by molar-refractivity contribution is -0.114. The molecule has 0 atom stereocenters. The van der Waals surface area contributed by atoms with Gasteiger partial charge in [-0.2, -0.15) is 0 Å². The van der Waals surface area contributed by atoms with Crippen molar-refractivity contribution in [3.63, 3.8) is 0 Å². The van der Waals surface area contributed by atoms with Gasteiger partial charge < -0.3 is 9.90 Å². The van der Waals surface area contributed by atoms with Gasteiger partial charge in [0.1, 0.15) is 11.5 Å². The number of carbonyl (C=O) groups is 1. The van der Waals surface area contributed by atoms with Gasteiger partial charge in [-0.25, -0.2) is 0 Å². The van der Waals surface area contributed by atoms with Crippen molar-refractivity contribution in [3.05, 3.63) is 29.8 Å². The van der Waals surface area contributed by atoms with Crippen molar-refractivity contribution in [2.75, 3.05) is 0 Å². The van der Waals surface area contributed by atoms with Gasteiger partial charge in [-0.3, -0.25) is 0 Å². The standard InChI is InChI=1S/C11H14BIO2/c1-9(14)8-12(13)7-6-10-2-4-11(15)5-3-10/h2-5,15H,6-8H2,1H3. The van der Waals surface area contributed by atoms with Crippen LogP contribution >= 0.6 is 22.4 Å². The van der Waals surface area contributed by atoms with Crippen molar-refractivity contribution >= 4 is 32.7 Å². The SMILES string of the molecule is CC(=O)CB(I)CCc1ccc(O)cc1. The molecule has 0 heterocycles. The van der Waals surface area contributed by atoms with E-state index in [0.717, 1.165) is 12.7 Å². The van der Waals surface area contributed by atoms with Crippen molar-refractivity contribution < 1.29 is 9.90 Å². The molecule has 15 heavy (non-hydrogen) atoms. The molecular weight excluding hydrogens is 302 g/mol. The predicted octanol–water partition coefficient (Wildman–Crippen LogP) is 2.95. The number of carbonyl (C=O) groups excluding carboxylic acids is 1. The number of Topliss-reactive ketones (excluding diaryl/α,β-unsaturated/α-hetero) is 1. The summed E-state index contributed by atoms with van der Waals surface area (Å²) in [7, 11) is 0. The molecule has 0 fully saturated rings. The number of phenols is 1. The Morgan fingerprint density at radius 1 is 1.40 bits per heavy atom. The van der Waals surface area contributed by atoms with Gasteiger partial charge in [-0.1, -0.05) is 18.5 Å². The maximum absolute atomic E-state index is 10.9. The number of aryl methyl sites for hydroxylation is 1. The van der Waals surface area contributed by atoms with Gasteiger partial charge in [-0.15, -0.1) is 22.4 Å².